The minimum absolute atomic E-state index is 0.527. The van der Waals surface area contributed by atoms with Crippen LogP contribution >= 0.6 is 0 Å². The number of hydrogen-bond donors (Lipinski definition) is 1. The van der Waals surface area contributed by atoms with Gasteiger partial charge in [-0.25, -0.2) is 4.79 Å². The summed E-state index contributed by atoms with van der Waals surface area (Å²) in [7, 11) is 0. The van der Waals surface area contributed by atoms with E-state index in [9.17, 15) is 9.90 Å². The number of aliphatic hydroxyl groups is 1. The standard InChI is InChI=1S/C33H35N3O3/c1-32(2,3)39-31(38)36-22-19-29(34-36)23-25-24-35(21-20-30(25)37)33(26-13-7-4-8-14-26,27-15-9-5-10-16-27)28-17-11-6-12-18-28/h4-19,22-23,30,37H,20-21,24H2,1-3H3/b25-23+. The number of aliphatic hydroxyl groups excluding tert-OH is 1. The van der Waals surface area contributed by atoms with E-state index < -0.39 is 23.3 Å². The van der Waals surface area contributed by atoms with Gasteiger partial charge in [0.15, 0.2) is 0 Å². The van der Waals surface area contributed by atoms with Gasteiger partial charge >= 0.3 is 6.09 Å². The molecule has 3 aromatic carbocycles. The molecule has 6 nitrogen and oxygen atoms in total. The van der Waals surface area contributed by atoms with E-state index in [1.807, 2.05) is 45.0 Å². The Morgan fingerprint density at radius 1 is 0.872 bits per heavy atom. The summed E-state index contributed by atoms with van der Waals surface area (Å²) in [6.07, 6.45) is 2.92. The first-order chi connectivity index (χ1) is 18.8. The first-order valence-electron chi connectivity index (χ1n) is 13.4. The molecule has 1 fully saturated rings. The van der Waals surface area contributed by atoms with Gasteiger partial charge in [0.2, 0.25) is 0 Å². The molecule has 2 heterocycles. The lowest BCUT2D eigenvalue weighted by molar-refractivity contribution is 0.0514. The van der Waals surface area contributed by atoms with Crippen LogP contribution in [0.25, 0.3) is 6.08 Å². The summed E-state index contributed by atoms with van der Waals surface area (Å²) < 4.78 is 6.64. The second-order valence-corrected chi connectivity index (χ2v) is 10.9. The molecule has 0 amide bonds. The summed E-state index contributed by atoms with van der Waals surface area (Å²) in [5.41, 5.74) is 3.74. The molecule has 1 unspecified atom stereocenters. The summed E-state index contributed by atoms with van der Waals surface area (Å²) >= 11 is 0. The molecule has 0 aliphatic carbocycles. The molecule has 0 radical (unpaired) electrons. The smallest absolute Gasteiger partial charge is 0.435 e. The van der Waals surface area contributed by atoms with Crippen LogP contribution in [-0.2, 0) is 10.3 Å². The van der Waals surface area contributed by atoms with Crippen LogP contribution in [0, 0.1) is 0 Å². The summed E-state index contributed by atoms with van der Waals surface area (Å²) in [5, 5.41) is 15.5. The van der Waals surface area contributed by atoms with Crippen LogP contribution in [0.1, 0.15) is 49.6 Å². The number of ether oxygens (including phenoxy) is 1. The topological polar surface area (TPSA) is 67.6 Å². The number of piperidine rings is 1. The van der Waals surface area contributed by atoms with Gasteiger partial charge in [0, 0.05) is 19.3 Å². The highest BCUT2D eigenvalue weighted by atomic mass is 16.6. The van der Waals surface area contributed by atoms with Crippen LogP contribution in [-0.4, -0.2) is 50.7 Å². The second kappa shape index (κ2) is 11.0. The average Bonchev–Trinajstić information content (AvgIpc) is 3.41. The number of hydrogen-bond acceptors (Lipinski definition) is 5. The van der Waals surface area contributed by atoms with Crippen LogP contribution in [0.5, 0.6) is 0 Å². The fraction of sp³-hybridized carbons (Fsp3) is 0.273. The van der Waals surface area contributed by atoms with E-state index in [0.29, 0.717) is 25.2 Å². The summed E-state index contributed by atoms with van der Waals surface area (Å²) in [5.74, 6) is 0. The molecule has 1 aliphatic rings. The van der Waals surface area contributed by atoms with Crippen molar-refractivity contribution in [2.24, 2.45) is 0 Å². The fourth-order valence-corrected chi connectivity index (χ4v) is 5.40. The molecule has 6 heteroatoms. The third-order valence-corrected chi connectivity index (χ3v) is 7.05. The van der Waals surface area contributed by atoms with Gasteiger partial charge in [-0.3, -0.25) is 4.90 Å². The minimum Gasteiger partial charge on any atom is -0.442 e. The highest BCUT2D eigenvalue weighted by molar-refractivity contribution is 5.70. The highest BCUT2D eigenvalue weighted by Gasteiger charge is 2.44. The monoisotopic (exact) mass is 521 g/mol. The number of carbonyl (C=O) groups is 1. The molecule has 0 spiro atoms. The lowest BCUT2D eigenvalue weighted by Crippen LogP contribution is -2.52. The summed E-state index contributed by atoms with van der Waals surface area (Å²) in [6, 6.07) is 33.4. The van der Waals surface area contributed by atoms with Gasteiger partial charge in [-0.05, 0) is 61.6 Å². The molecule has 4 aromatic rings. The van der Waals surface area contributed by atoms with E-state index >= 15 is 0 Å². The molecule has 1 aromatic heterocycles. The Morgan fingerprint density at radius 2 is 1.38 bits per heavy atom. The third-order valence-electron chi connectivity index (χ3n) is 7.05. The average molecular weight is 522 g/mol. The second-order valence-electron chi connectivity index (χ2n) is 10.9. The van der Waals surface area contributed by atoms with Crippen LogP contribution < -0.4 is 0 Å². The molecule has 1 N–H and O–H groups in total. The van der Waals surface area contributed by atoms with Crippen molar-refractivity contribution in [1.29, 1.82) is 0 Å². The molecular formula is C33H35N3O3. The zero-order chi connectivity index (χ0) is 27.5. The van der Waals surface area contributed by atoms with Crippen LogP contribution in [0.4, 0.5) is 4.79 Å². The van der Waals surface area contributed by atoms with E-state index in [0.717, 1.165) is 22.3 Å². The van der Waals surface area contributed by atoms with Crippen molar-refractivity contribution in [2.75, 3.05) is 13.1 Å². The van der Waals surface area contributed by atoms with Crippen molar-refractivity contribution >= 4 is 12.2 Å². The number of likely N-dealkylation sites (tertiary alicyclic amines) is 1. The summed E-state index contributed by atoms with van der Waals surface area (Å²) in [6.45, 7) is 6.69. The number of nitrogens with zero attached hydrogens (tertiary/aromatic N) is 3. The molecule has 1 saturated heterocycles. The first kappa shape index (κ1) is 26.6. The van der Waals surface area contributed by atoms with E-state index in [1.165, 1.54) is 4.68 Å². The van der Waals surface area contributed by atoms with E-state index in [4.69, 9.17) is 4.74 Å². The van der Waals surface area contributed by atoms with Crippen molar-refractivity contribution in [2.45, 2.75) is 44.4 Å². The van der Waals surface area contributed by atoms with Crippen molar-refractivity contribution in [1.82, 2.24) is 14.7 Å². The SMILES string of the molecule is CC(C)(C)OC(=O)n1ccc(/C=C2\CN(C(c3ccccc3)(c3ccccc3)c3ccccc3)CCC2O)n1. The maximum Gasteiger partial charge on any atom is 0.435 e. The quantitative estimate of drug-likeness (QED) is 0.321. The largest absolute Gasteiger partial charge is 0.442 e. The minimum atomic E-state index is -0.614. The Morgan fingerprint density at radius 3 is 1.87 bits per heavy atom. The number of benzene rings is 3. The van der Waals surface area contributed by atoms with E-state index in [2.05, 4.69) is 82.8 Å². The van der Waals surface area contributed by atoms with Gasteiger partial charge < -0.3 is 9.84 Å². The maximum atomic E-state index is 12.5. The van der Waals surface area contributed by atoms with Crippen molar-refractivity contribution in [3.63, 3.8) is 0 Å². The third kappa shape index (κ3) is 5.58. The molecule has 1 atom stereocenters. The normalized spacial score (nSPS) is 17.7. The molecule has 200 valence electrons. The first-order valence-corrected chi connectivity index (χ1v) is 13.4. The fourth-order valence-electron chi connectivity index (χ4n) is 5.40. The Bertz CT molecular complexity index is 1330. The number of aromatic nitrogens is 2. The Balaban J connectivity index is 1.57. The molecule has 0 saturated carbocycles. The molecule has 39 heavy (non-hydrogen) atoms. The van der Waals surface area contributed by atoms with Gasteiger partial charge in [0.05, 0.1) is 17.3 Å². The predicted octanol–water partition coefficient (Wildman–Crippen LogP) is 6.11. The highest BCUT2D eigenvalue weighted by Crippen LogP contribution is 2.44. The van der Waals surface area contributed by atoms with Gasteiger partial charge in [0.1, 0.15) is 5.60 Å². The van der Waals surface area contributed by atoms with Crippen LogP contribution in [0.15, 0.2) is 109 Å². The van der Waals surface area contributed by atoms with Gasteiger partial charge in [-0.1, -0.05) is 91.0 Å². The molecular weight excluding hydrogens is 486 g/mol. The van der Waals surface area contributed by atoms with Crippen LogP contribution in [0.2, 0.25) is 0 Å². The Hall–Kier alpha value is -4.00. The van der Waals surface area contributed by atoms with Crippen LogP contribution in [0.3, 0.4) is 0 Å². The van der Waals surface area contributed by atoms with E-state index in [-0.39, 0.29) is 0 Å². The number of rotatable bonds is 5. The molecule has 5 rings (SSSR count). The van der Waals surface area contributed by atoms with Gasteiger partial charge in [-0.15, -0.1) is 0 Å². The lowest BCUT2D eigenvalue weighted by Gasteiger charge is -2.48. The Kier molecular flexibility index (Phi) is 7.51. The number of carbonyl (C=O) groups excluding carboxylic acids is 1. The van der Waals surface area contributed by atoms with Gasteiger partial charge in [0.25, 0.3) is 0 Å². The lowest BCUT2D eigenvalue weighted by atomic mass is 9.74. The molecule has 0 bridgehead atoms. The van der Waals surface area contributed by atoms with Gasteiger partial charge in [-0.2, -0.15) is 9.78 Å². The van der Waals surface area contributed by atoms with Crippen molar-refractivity contribution in [3.8, 4) is 0 Å². The zero-order valence-electron chi connectivity index (χ0n) is 22.7. The zero-order valence-corrected chi connectivity index (χ0v) is 22.7. The Labute approximate surface area is 230 Å². The summed E-state index contributed by atoms with van der Waals surface area (Å²) in [4.78, 5) is 14.9. The predicted molar refractivity (Wildman–Crippen MR) is 153 cm³/mol. The molecule has 1 aliphatic heterocycles. The van der Waals surface area contributed by atoms with Crippen molar-refractivity contribution in [3.05, 3.63) is 131 Å². The maximum absolute atomic E-state index is 12.5. The van der Waals surface area contributed by atoms with Crippen molar-refractivity contribution < 1.29 is 14.6 Å². The van der Waals surface area contributed by atoms with E-state index in [1.54, 1.807) is 12.3 Å².